The van der Waals surface area contributed by atoms with Crippen LogP contribution in [0.25, 0.3) is 0 Å². The standard InChI is InChI=1S/C16H25ClN2O/c1-3-16(14-5-4-6-15(17)11-14)18-13(2)12-19-7-9-20-10-8-19/h4-6,11,13,16,18H,3,7-10,12H2,1-2H3. The minimum atomic E-state index is 0.366. The summed E-state index contributed by atoms with van der Waals surface area (Å²) in [4.78, 5) is 2.46. The second kappa shape index (κ2) is 7.99. The first-order valence-electron chi connectivity index (χ1n) is 7.50. The highest BCUT2D eigenvalue weighted by molar-refractivity contribution is 6.30. The van der Waals surface area contributed by atoms with Gasteiger partial charge < -0.3 is 10.1 Å². The maximum atomic E-state index is 6.09. The van der Waals surface area contributed by atoms with Gasteiger partial charge in [0, 0.05) is 36.7 Å². The summed E-state index contributed by atoms with van der Waals surface area (Å²) in [5, 5.41) is 4.53. The van der Waals surface area contributed by atoms with Crippen LogP contribution in [0.15, 0.2) is 24.3 Å². The lowest BCUT2D eigenvalue weighted by molar-refractivity contribution is 0.0338. The van der Waals surface area contributed by atoms with Gasteiger partial charge in [0.05, 0.1) is 13.2 Å². The molecule has 112 valence electrons. The van der Waals surface area contributed by atoms with Crippen LogP contribution < -0.4 is 5.32 Å². The minimum absolute atomic E-state index is 0.366. The van der Waals surface area contributed by atoms with Crippen molar-refractivity contribution in [1.82, 2.24) is 10.2 Å². The predicted molar refractivity (Wildman–Crippen MR) is 84.3 cm³/mol. The van der Waals surface area contributed by atoms with Crippen LogP contribution >= 0.6 is 11.6 Å². The highest BCUT2D eigenvalue weighted by atomic mass is 35.5. The Balaban J connectivity index is 1.88. The number of nitrogens with one attached hydrogen (secondary N) is 1. The molecular weight excluding hydrogens is 272 g/mol. The van der Waals surface area contributed by atoms with E-state index in [1.807, 2.05) is 12.1 Å². The zero-order valence-corrected chi connectivity index (χ0v) is 13.2. The van der Waals surface area contributed by atoms with E-state index in [1.54, 1.807) is 0 Å². The Bertz CT molecular complexity index is 407. The Labute approximate surface area is 127 Å². The van der Waals surface area contributed by atoms with E-state index in [2.05, 4.69) is 36.2 Å². The fraction of sp³-hybridized carbons (Fsp3) is 0.625. The molecule has 1 heterocycles. The molecule has 2 atom stereocenters. The molecule has 0 aromatic heterocycles. The molecule has 0 saturated carbocycles. The summed E-state index contributed by atoms with van der Waals surface area (Å²) >= 11 is 6.09. The smallest absolute Gasteiger partial charge is 0.0594 e. The second-order valence-electron chi connectivity index (χ2n) is 5.50. The van der Waals surface area contributed by atoms with Crippen LogP contribution in [0.5, 0.6) is 0 Å². The van der Waals surface area contributed by atoms with Gasteiger partial charge in [0.2, 0.25) is 0 Å². The van der Waals surface area contributed by atoms with Crippen molar-refractivity contribution in [3.63, 3.8) is 0 Å². The number of halogens is 1. The monoisotopic (exact) mass is 296 g/mol. The van der Waals surface area contributed by atoms with Crippen LogP contribution in [0.1, 0.15) is 31.9 Å². The molecule has 1 fully saturated rings. The maximum absolute atomic E-state index is 6.09. The number of morpholine rings is 1. The van der Waals surface area contributed by atoms with E-state index in [9.17, 15) is 0 Å². The average Bonchev–Trinajstić information content (AvgIpc) is 2.46. The van der Waals surface area contributed by atoms with Gasteiger partial charge in [-0.2, -0.15) is 0 Å². The summed E-state index contributed by atoms with van der Waals surface area (Å²) in [5.41, 5.74) is 1.27. The molecule has 1 aliphatic heterocycles. The van der Waals surface area contributed by atoms with Crippen LogP contribution in [-0.4, -0.2) is 43.8 Å². The van der Waals surface area contributed by atoms with E-state index in [0.29, 0.717) is 12.1 Å². The SMILES string of the molecule is CCC(NC(C)CN1CCOCC1)c1cccc(Cl)c1. The summed E-state index contributed by atoms with van der Waals surface area (Å²) in [6.07, 6.45) is 1.06. The van der Waals surface area contributed by atoms with E-state index in [4.69, 9.17) is 16.3 Å². The largest absolute Gasteiger partial charge is 0.379 e. The van der Waals surface area contributed by atoms with Crippen LogP contribution in [0.3, 0.4) is 0 Å². The molecule has 1 aliphatic rings. The lowest BCUT2D eigenvalue weighted by Crippen LogP contribution is -2.45. The molecule has 20 heavy (non-hydrogen) atoms. The lowest BCUT2D eigenvalue weighted by atomic mass is 10.0. The third-order valence-corrected chi connectivity index (χ3v) is 4.02. The topological polar surface area (TPSA) is 24.5 Å². The van der Waals surface area contributed by atoms with Crippen LogP contribution in [-0.2, 0) is 4.74 Å². The van der Waals surface area contributed by atoms with E-state index in [0.717, 1.165) is 44.3 Å². The molecule has 1 saturated heterocycles. The number of rotatable bonds is 6. The molecule has 1 N–H and O–H groups in total. The Hall–Kier alpha value is -0.610. The summed E-state index contributed by atoms with van der Waals surface area (Å²) in [6, 6.07) is 8.98. The van der Waals surface area contributed by atoms with Crippen molar-refractivity contribution in [3.8, 4) is 0 Å². The van der Waals surface area contributed by atoms with E-state index in [1.165, 1.54) is 5.56 Å². The zero-order chi connectivity index (χ0) is 14.4. The first-order chi connectivity index (χ1) is 9.69. The molecule has 2 unspecified atom stereocenters. The van der Waals surface area contributed by atoms with Crippen molar-refractivity contribution in [2.75, 3.05) is 32.8 Å². The van der Waals surface area contributed by atoms with Gasteiger partial charge in [0.25, 0.3) is 0 Å². The number of hydrogen-bond donors (Lipinski definition) is 1. The van der Waals surface area contributed by atoms with E-state index < -0.39 is 0 Å². The Kier molecular flexibility index (Phi) is 6.30. The molecule has 1 aromatic rings. The predicted octanol–water partition coefficient (Wildman–Crippen LogP) is 3.10. The van der Waals surface area contributed by atoms with Crippen LogP contribution in [0.4, 0.5) is 0 Å². The quantitative estimate of drug-likeness (QED) is 0.873. The van der Waals surface area contributed by atoms with Gasteiger partial charge in [-0.3, -0.25) is 4.90 Å². The highest BCUT2D eigenvalue weighted by Crippen LogP contribution is 2.21. The van der Waals surface area contributed by atoms with Crippen LogP contribution in [0.2, 0.25) is 5.02 Å². The van der Waals surface area contributed by atoms with Crippen molar-refractivity contribution in [3.05, 3.63) is 34.9 Å². The Morgan fingerprint density at radius 1 is 1.35 bits per heavy atom. The van der Waals surface area contributed by atoms with Crippen molar-refractivity contribution in [2.45, 2.75) is 32.4 Å². The van der Waals surface area contributed by atoms with E-state index >= 15 is 0 Å². The summed E-state index contributed by atoms with van der Waals surface area (Å²) in [6.45, 7) is 9.33. The molecule has 0 bridgehead atoms. The van der Waals surface area contributed by atoms with Crippen molar-refractivity contribution < 1.29 is 4.74 Å². The molecule has 2 rings (SSSR count). The molecule has 4 heteroatoms. The third-order valence-electron chi connectivity index (χ3n) is 3.78. The third kappa shape index (κ3) is 4.74. The van der Waals surface area contributed by atoms with Gasteiger partial charge in [0.15, 0.2) is 0 Å². The first-order valence-corrected chi connectivity index (χ1v) is 7.88. The number of benzene rings is 1. The van der Waals surface area contributed by atoms with Crippen molar-refractivity contribution in [2.24, 2.45) is 0 Å². The Morgan fingerprint density at radius 3 is 2.75 bits per heavy atom. The van der Waals surface area contributed by atoms with Gasteiger partial charge in [-0.15, -0.1) is 0 Å². The van der Waals surface area contributed by atoms with Gasteiger partial charge in [-0.1, -0.05) is 30.7 Å². The van der Waals surface area contributed by atoms with Gasteiger partial charge in [-0.05, 0) is 31.0 Å². The summed E-state index contributed by atoms with van der Waals surface area (Å²) in [7, 11) is 0. The molecule has 3 nitrogen and oxygen atoms in total. The van der Waals surface area contributed by atoms with Crippen molar-refractivity contribution in [1.29, 1.82) is 0 Å². The average molecular weight is 297 g/mol. The molecular formula is C16H25ClN2O. The van der Waals surface area contributed by atoms with Crippen LogP contribution in [0, 0.1) is 0 Å². The lowest BCUT2D eigenvalue weighted by Gasteiger charge is -2.31. The van der Waals surface area contributed by atoms with Gasteiger partial charge in [-0.25, -0.2) is 0 Å². The summed E-state index contributed by atoms with van der Waals surface area (Å²) in [5.74, 6) is 0. The summed E-state index contributed by atoms with van der Waals surface area (Å²) < 4.78 is 5.39. The molecule has 0 spiro atoms. The number of nitrogens with zero attached hydrogens (tertiary/aromatic N) is 1. The fourth-order valence-electron chi connectivity index (χ4n) is 2.74. The van der Waals surface area contributed by atoms with Gasteiger partial charge in [0.1, 0.15) is 0 Å². The zero-order valence-electron chi connectivity index (χ0n) is 12.4. The molecule has 0 amide bonds. The second-order valence-corrected chi connectivity index (χ2v) is 5.93. The first kappa shape index (κ1) is 15.8. The number of hydrogen-bond acceptors (Lipinski definition) is 3. The van der Waals surface area contributed by atoms with Crippen molar-refractivity contribution >= 4 is 11.6 Å². The number of ether oxygens (including phenoxy) is 1. The molecule has 0 radical (unpaired) electrons. The fourth-order valence-corrected chi connectivity index (χ4v) is 2.94. The maximum Gasteiger partial charge on any atom is 0.0594 e. The van der Waals surface area contributed by atoms with E-state index in [-0.39, 0.29) is 0 Å². The normalized spacial score (nSPS) is 19.8. The highest BCUT2D eigenvalue weighted by Gasteiger charge is 2.17. The minimum Gasteiger partial charge on any atom is -0.379 e. The Morgan fingerprint density at radius 2 is 2.10 bits per heavy atom. The molecule has 1 aromatic carbocycles. The molecule has 0 aliphatic carbocycles. The van der Waals surface area contributed by atoms with Gasteiger partial charge >= 0.3 is 0 Å².